The summed E-state index contributed by atoms with van der Waals surface area (Å²) in [5, 5.41) is 0. The van der Waals surface area contributed by atoms with E-state index in [0.29, 0.717) is 12.5 Å². The van der Waals surface area contributed by atoms with Gasteiger partial charge in [0.15, 0.2) is 0 Å². The number of nitrogens with zero attached hydrogens (tertiary/aromatic N) is 1. The molecular weight excluding hydrogens is 190 g/mol. The van der Waals surface area contributed by atoms with Crippen LogP contribution in [0.15, 0.2) is 24.3 Å². The zero-order valence-electron chi connectivity index (χ0n) is 9.01. The average molecular weight is 205 g/mol. The van der Waals surface area contributed by atoms with Crippen molar-refractivity contribution in [2.45, 2.75) is 13.8 Å². The summed E-state index contributed by atoms with van der Waals surface area (Å²) in [4.78, 5) is 25.2. The standard InChI is InChI=1S/C12H15NO2/c1-8(2)7-13-11(14)9-5-3-4-6-10(9)12(13)15/h3-6,8-10H,7H2,1-2H3. The van der Waals surface area contributed by atoms with Crippen molar-refractivity contribution < 1.29 is 9.59 Å². The van der Waals surface area contributed by atoms with Crippen LogP contribution < -0.4 is 0 Å². The second-order valence-corrected chi connectivity index (χ2v) is 4.50. The van der Waals surface area contributed by atoms with E-state index in [9.17, 15) is 9.59 Å². The van der Waals surface area contributed by atoms with Gasteiger partial charge < -0.3 is 0 Å². The normalized spacial score (nSPS) is 29.1. The second kappa shape index (κ2) is 3.65. The lowest BCUT2D eigenvalue weighted by Gasteiger charge is -2.16. The van der Waals surface area contributed by atoms with Crippen molar-refractivity contribution in [1.29, 1.82) is 0 Å². The first-order valence-electron chi connectivity index (χ1n) is 5.31. The molecule has 1 fully saturated rings. The first-order valence-corrected chi connectivity index (χ1v) is 5.31. The van der Waals surface area contributed by atoms with Gasteiger partial charge in [-0.1, -0.05) is 38.2 Å². The quantitative estimate of drug-likeness (QED) is 0.638. The van der Waals surface area contributed by atoms with Gasteiger partial charge >= 0.3 is 0 Å². The fraction of sp³-hybridized carbons (Fsp3) is 0.500. The first-order chi connectivity index (χ1) is 7.11. The van der Waals surface area contributed by atoms with Crippen molar-refractivity contribution >= 4 is 11.8 Å². The summed E-state index contributed by atoms with van der Waals surface area (Å²) in [6.45, 7) is 4.55. The molecule has 0 aromatic heterocycles. The number of carbonyl (C=O) groups excluding carboxylic acids is 2. The number of carbonyl (C=O) groups is 2. The number of fused-ring (bicyclic) bond motifs is 1. The lowest BCUT2D eigenvalue weighted by Crippen LogP contribution is -2.34. The summed E-state index contributed by atoms with van der Waals surface area (Å²) in [5.41, 5.74) is 0. The number of rotatable bonds is 2. The van der Waals surface area contributed by atoms with Gasteiger partial charge in [-0.3, -0.25) is 14.5 Å². The van der Waals surface area contributed by atoms with Crippen LogP contribution in [0.2, 0.25) is 0 Å². The van der Waals surface area contributed by atoms with Gasteiger partial charge in [-0.2, -0.15) is 0 Å². The third-order valence-corrected chi connectivity index (χ3v) is 2.78. The Hall–Kier alpha value is -1.38. The summed E-state index contributed by atoms with van der Waals surface area (Å²) in [6.07, 6.45) is 7.33. The lowest BCUT2D eigenvalue weighted by molar-refractivity contribution is -0.140. The molecule has 0 N–H and O–H groups in total. The van der Waals surface area contributed by atoms with Gasteiger partial charge in [-0.15, -0.1) is 0 Å². The van der Waals surface area contributed by atoms with Gasteiger partial charge in [0, 0.05) is 6.54 Å². The molecular formula is C12H15NO2. The van der Waals surface area contributed by atoms with Crippen LogP contribution in [-0.4, -0.2) is 23.3 Å². The van der Waals surface area contributed by atoms with Gasteiger partial charge in [0.05, 0.1) is 11.8 Å². The molecule has 2 atom stereocenters. The molecule has 1 aliphatic carbocycles. The van der Waals surface area contributed by atoms with E-state index in [2.05, 4.69) is 0 Å². The Morgan fingerprint density at radius 3 is 2.00 bits per heavy atom. The van der Waals surface area contributed by atoms with Crippen LogP contribution >= 0.6 is 0 Å². The van der Waals surface area contributed by atoms with Crippen LogP contribution in [0.5, 0.6) is 0 Å². The molecule has 2 amide bonds. The molecule has 0 saturated carbocycles. The molecule has 0 aromatic carbocycles. The molecule has 80 valence electrons. The number of hydrogen-bond acceptors (Lipinski definition) is 2. The highest BCUT2D eigenvalue weighted by Gasteiger charge is 2.45. The summed E-state index contributed by atoms with van der Waals surface area (Å²) < 4.78 is 0. The second-order valence-electron chi connectivity index (χ2n) is 4.50. The Bertz CT molecular complexity index is 325. The molecule has 0 bridgehead atoms. The molecule has 0 aromatic rings. The van der Waals surface area contributed by atoms with Crippen molar-refractivity contribution in [3.05, 3.63) is 24.3 Å². The zero-order chi connectivity index (χ0) is 11.0. The average Bonchev–Trinajstić information content (AvgIpc) is 2.44. The minimum Gasteiger partial charge on any atom is -0.281 e. The van der Waals surface area contributed by atoms with Crippen LogP contribution in [-0.2, 0) is 9.59 Å². The van der Waals surface area contributed by atoms with E-state index in [-0.39, 0.29) is 23.7 Å². The number of imide groups is 1. The van der Waals surface area contributed by atoms with Crippen molar-refractivity contribution in [3.8, 4) is 0 Å². The monoisotopic (exact) mass is 205 g/mol. The molecule has 1 heterocycles. The molecule has 2 aliphatic rings. The fourth-order valence-electron chi connectivity index (χ4n) is 2.09. The highest BCUT2D eigenvalue weighted by atomic mass is 16.2. The van der Waals surface area contributed by atoms with Gasteiger partial charge in [-0.05, 0) is 5.92 Å². The van der Waals surface area contributed by atoms with Gasteiger partial charge in [0.25, 0.3) is 0 Å². The largest absolute Gasteiger partial charge is 0.281 e. The number of hydrogen-bond donors (Lipinski definition) is 0. The maximum Gasteiger partial charge on any atom is 0.237 e. The predicted molar refractivity (Wildman–Crippen MR) is 56.8 cm³/mol. The number of likely N-dealkylation sites (tertiary alicyclic amines) is 1. The van der Waals surface area contributed by atoms with Crippen LogP contribution in [0, 0.1) is 17.8 Å². The lowest BCUT2D eigenvalue weighted by atomic mass is 9.91. The Morgan fingerprint density at radius 1 is 1.13 bits per heavy atom. The Balaban J connectivity index is 2.23. The molecule has 0 spiro atoms. The number of allylic oxidation sites excluding steroid dienone is 2. The third-order valence-electron chi connectivity index (χ3n) is 2.78. The van der Waals surface area contributed by atoms with E-state index in [0.717, 1.165) is 0 Å². The topological polar surface area (TPSA) is 37.4 Å². The van der Waals surface area contributed by atoms with Crippen molar-refractivity contribution in [2.75, 3.05) is 6.54 Å². The first kappa shape index (κ1) is 10.1. The maximum atomic E-state index is 11.9. The molecule has 1 saturated heterocycles. The predicted octanol–water partition coefficient (Wildman–Crippen LogP) is 1.37. The SMILES string of the molecule is CC(C)CN1C(=O)C2C=CC=CC2C1=O. The number of amides is 2. The smallest absolute Gasteiger partial charge is 0.237 e. The summed E-state index contributed by atoms with van der Waals surface area (Å²) in [5.74, 6) is -0.257. The van der Waals surface area contributed by atoms with Crippen LogP contribution in [0.1, 0.15) is 13.8 Å². The van der Waals surface area contributed by atoms with Gasteiger partial charge in [0.2, 0.25) is 11.8 Å². The van der Waals surface area contributed by atoms with Crippen molar-refractivity contribution in [2.24, 2.45) is 17.8 Å². The molecule has 0 radical (unpaired) electrons. The Morgan fingerprint density at radius 2 is 1.60 bits per heavy atom. The molecule has 3 nitrogen and oxygen atoms in total. The van der Waals surface area contributed by atoms with Crippen molar-refractivity contribution in [1.82, 2.24) is 4.90 Å². The third kappa shape index (κ3) is 1.62. The summed E-state index contributed by atoms with van der Waals surface area (Å²) >= 11 is 0. The van der Waals surface area contributed by atoms with E-state index >= 15 is 0 Å². The van der Waals surface area contributed by atoms with E-state index in [1.807, 2.05) is 38.2 Å². The maximum absolute atomic E-state index is 11.9. The fourth-order valence-corrected chi connectivity index (χ4v) is 2.09. The van der Waals surface area contributed by atoms with Crippen LogP contribution in [0.25, 0.3) is 0 Å². The molecule has 2 unspecified atom stereocenters. The molecule has 2 rings (SSSR count). The highest BCUT2D eigenvalue weighted by molar-refractivity contribution is 6.07. The molecule has 1 aliphatic heterocycles. The Labute approximate surface area is 89.4 Å². The molecule has 3 heteroatoms. The van der Waals surface area contributed by atoms with E-state index in [4.69, 9.17) is 0 Å². The van der Waals surface area contributed by atoms with Crippen LogP contribution in [0.4, 0.5) is 0 Å². The van der Waals surface area contributed by atoms with Gasteiger partial charge in [0.1, 0.15) is 0 Å². The van der Waals surface area contributed by atoms with E-state index in [1.165, 1.54) is 4.90 Å². The summed E-state index contributed by atoms with van der Waals surface area (Å²) in [7, 11) is 0. The molecule has 15 heavy (non-hydrogen) atoms. The van der Waals surface area contributed by atoms with E-state index in [1.54, 1.807) is 0 Å². The van der Waals surface area contributed by atoms with Crippen LogP contribution in [0.3, 0.4) is 0 Å². The summed E-state index contributed by atoms with van der Waals surface area (Å²) in [6, 6.07) is 0. The van der Waals surface area contributed by atoms with Gasteiger partial charge in [-0.25, -0.2) is 0 Å². The zero-order valence-corrected chi connectivity index (χ0v) is 9.01. The minimum atomic E-state index is -0.249. The van der Waals surface area contributed by atoms with Crippen molar-refractivity contribution in [3.63, 3.8) is 0 Å². The highest BCUT2D eigenvalue weighted by Crippen LogP contribution is 2.31. The minimum absolute atomic E-state index is 0.0423. The Kier molecular flexibility index (Phi) is 2.47. The van der Waals surface area contributed by atoms with E-state index < -0.39 is 0 Å².